The van der Waals surface area contributed by atoms with Crippen molar-refractivity contribution in [1.82, 2.24) is 9.55 Å². The first-order valence-corrected chi connectivity index (χ1v) is 13.6. The van der Waals surface area contributed by atoms with E-state index in [-0.39, 0.29) is 17.7 Å². The number of hydrogen-bond acceptors (Lipinski definition) is 8. The number of aromatic nitrogens is 2. The molecule has 0 spiro atoms. The van der Waals surface area contributed by atoms with Crippen LogP contribution in [-0.2, 0) is 25.6 Å². The van der Waals surface area contributed by atoms with Crippen molar-refractivity contribution in [2.75, 3.05) is 6.61 Å². The van der Waals surface area contributed by atoms with Gasteiger partial charge in [-0.25, -0.2) is 23.2 Å². The zero-order chi connectivity index (χ0) is 31.3. The second kappa shape index (κ2) is 12.7. The van der Waals surface area contributed by atoms with E-state index >= 15 is 8.78 Å². The monoisotopic (exact) mass is 606 g/mol. The van der Waals surface area contributed by atoms with E-state index in [1.54, 1.807) is 66.7 Å². The number of esters is 2. The molecule has 0 unspecified atom stereocenters. The molecule has 1 fully saturated rings. The van der Waals surface area contributed by atoms with Crippen LogP contribution in [0, 0.1) is 0 Å². The Kier molecular flexibility index (Phi) is 8.83. The molecule has 0 amide bonds. The van der Waals surface area contributed by atoms with Crippen LogP contribution < -0.4 is 11.2 Å². The molecular formula is C32H28F2N2O8. The topological polar surface area (TPSA) is 126 Å². The minimum Gasteiger partial charge on any atom is -0.451 e. The van der Waals surface area contributed by atoms with Crippen molar-refractivity contribution in [3.05, 3.63) is 141 Å². The summed E-state index contributed by atoms with van der Waals surface area (Å²) in [6.45, 7) is 0.279. The van der Waals surface area contributed by atoms with Crippen molar-refractivity contribution in [1.29, 1.82) is 0 Å². The fourth-order valence-electron chi connectivity index (χ4n) is 5.09. The molecule has 4 atom stereocenters. The van der Waals surface area contributed by atoms with Gasteiger partial charge in [-0.15, -0.1) is 0 Å². The number of aromatic amines is 1. The molecule has 0 bridgehead atoms. The standard InChI is InChI=1S/C32H28F2N2O8/c1-31(43-26(39)23-15-9-4-10-16-23)27(42-25(38)22-13-7-3-8-14-22)32(28(33)34,20-41-19-21-11-5-2-6-12-21)44-29(31)36-18-17-24(37)35-30(36)40/h2-18,27-29H,19-20H2,1H3,(H,35,37,40)/t27-,29+,31+,32+/m0/s1. The van der Waals surface area contributed by atoms with Crippen LogP contribution in [0.2, 0.25) is 0 Å². The Morgan fingerprint density at radius 3 is 2.02 bits per heavy atom. The van der Waals surface area contributed by atoms with Gasteiger partial charge in [-0.1, -0.05) is 66.7 Å². The number of rotatable bonds is 10. The predicted octanol–water partition coefficient (Wildman–Crippen LogP) is 4.13. The number of hydrogen-bond donors (Lipinski definition) is 1. The molecule has 44 heavy (non-hydrogen) atoms. The van der Waals surface area contributed by atoms with Gasteiger partial charge in [0, 0.05) is 12.3 Å². The highest BCUT2D eigenvalue weighted by Crippen LogP contribution is 2.51. The average Bonchev–Trinajstić information content (AvgIpc) is 3.26. The largest absolute Gasteiger partial charge is 0.451 e. The first-order chi connectivity index (χ1) is 21.1. The molecular weight excluding hydrogens is 578 g/mol. The van der Waals surface area contributed by atoms with E-state index in [9.17, 15) is 19.2 Å². The summed E-state index contributed by atoms with van der Waals surface area (Å²) < 4.78 is 54.9. The Labute approximate surface area is 249 Å². The minimum absolute atomic E-state index is 0.0299. The highest BCUT2D eigenvalue weighted by atomic mass is 19.3. The zero-order valence-electron chi connectivity index (χ0n) is 23.4. The van der Waals surface area contributed by atoms with E-state index in [1.807, 2.05) is 4.98 Å². The van der Waals surface area contributed by atoms with Gasteiger partial charge in [0.25, 0.3) is 12.0 Å². The number of nitrogens with zero attached hydrogens (tertiary/aromatic N) is 1. The van der Waals surface area contributed by atoms with Crippen molar-refractivity contribution in [2.45, 2.75) is 43.5 Å². The number of alkyl halides is 2. The molecule has 5 rings (SSSR count). The van der Waals surface area contributed by atoms with Crippen LogP contribution in [0.1, 0.15) is 39.4 Å². The maximum Gasteiger partial charge on any atom is 0.338 e. The summed E-state index contributed by atoms with van der Waals surface area (Å²) in [5, 5.41) is 0. The number of H-pyrrole nitrogens is 1. The van der Waals surface area contributed by atoms with E-state index in [0.717, 1.165) is 16.8 Å². The van der Waals surface area contributed by atoms with Crippen LogP contribution in [0.3, 0.4) is 0 Å². The quantitative estimate of drug-likeness (QED) is 0.267. The van der Waals surface area contributed by atoms with E-state index in [4.69, 9.17) is 18.9 Å². The van der Waals surface area contributed by atoms with Crippen LogP contribution in [0.25, 0.3) is 0 Å². The fourth-order valence-corrected chi connectivity index (χ4v) is 5.09. The van der Waals surface area contributed by atoms with Crippen LogP contribution in [-0.4, -0.2) is 51.8 Å². The molecule has 1 aliphatic heterocycles. The summed E-state index contributed by atoms with van der Waals surface area (Å²) in [7, 11) is 0. The smallest absolute Gasteiger partial charge is 0.338 e. The molecule has 3 aromatic carbocycles. The molecule has 4 aromatic rings. The number of benzene rings is 3. The summed E-state index contributed by atoms with van der Waals surface area (Å²) in [5.41, 5.74) is -6.04. The molecule has 1 aliphatic rings. The second-order valence-corrected chi connectivity index (χ2v) is 10.3. The van der Waals surface area contributed by atoms with Crippen LogP contribution >= 0.6 is 0 Å². The number of carbonyl (C=O) groups excluding carboxylic acids is 2. The first kappa shape index (κ1) is 30.5. The highest BCUT2D eigenvalue weighted by molar-refractivity contribution is 5.90. The van der Waals surface area contributed by atoms with Gasteiger partial charge in [-0.2, -0.15) is 0 Å². The fraction of sp³-hybridized carbons (Fsp3) is 0.250. The third-order valence-electron chi connectivity index (χ3n) is 7.25. The van der Waals surface area contributed by atoms with Crippen molar-refractivity contribution < 1.29 is 37.3 Å². The van der Waals surface area contributed by atoms with E-state index in [0.29, 0.717) is 5.56 Å². The number of halogens is 2. The molecule has 2 heterocycles. The maximum absolute atomic E-state index is 15.4. The average molecular weight is 607 g/mol. The van der Waals surface area contributed by atoms with Gasteiger partial charge in [0.15, 0.2) is 23.5 Å². The van der Waals surface area contributed by atoms with Gasteiger partial charge >= 0.3 is 17.6 Å². The van der Waals surface area contributed by atoms with Gasteiger partial charge in [0.1, 0.15) is 0 Å². The Hall–Kier alpha value is -4.94. The molecule has 1 aromatic heterocycles. The third kappa shape index (κ3) is 6.08. The molecule has 0 saturated carbocycles. The van der Waals surface area contributed by atoms with Crippen LogP contribution in [0.5, 0.6) is 0 Å². The number of nitrogens with one attached hydrogen (secondary N) is 1. The molecule has 12 heteroatoms. The number of ether oxygens (including phenoxy) is 4. The van der Waals surface area contributed by atoms with Gasteiger partial charge < -0.3 is 18.9 Å². The van der Waals surface area contributed by atoms with Gasteiger partial charge in [0.2, 0.25) is 0 Å². The normalized spacial score (nSPS) is 22.9. The third-order valence-corrected chi connectivity index (χ3v) is 7.25. The molecule has 10 nitrogen and oxygen atoms in total. The summed E-state index contributed by atoms with van der Waals surface area (Å²) >= 11 is 0. The molecule has 1 N–H and O–H groups in total. The lowest BCUT2D eigenvalue weighted by atomic mass is 9.86. The lowest BCUT2D eigenvalue weighted by Crippen LogP contribution is -2.59. The van der Waals surface area contributed by atoms with Crippen molar-refractivity contribution in [3.63, 3.8) is 0 Å². The van der Waals surface area contributed by atoms with E-state index in [1.165, 1.54) is 31.2 Å². The van der Waals surface area contributed by atoms with Crippen molar-refractivity contribution in [3.8, 4) is 0 Å². The lowest BCUT2D eigenvalue weighted by molar-refractivity contribution is -0.206. The number of carbonyl (C=O) groups is 2. The SMILES string of the molecule is C[C@]1(OC(=O)c2ccccc2)[C@H](n2ccc(=O)[nH]c2=O)O[C@@](COCc2ccccc2)(C(F)F)[C@H]1OC(=O)c1ccccc1. The van der Waals surface area contributed by atoms with Crippen LogP contribution in [0.15, 0.2) is 113 Å². The highest BCUT2D eigenvalue weighted by Gasteiger charge is 2.71. The lowest BCUT2D eigenvalue weighted by Gasteiger charge is -2.37. The Balaban J connectivity index is 1.63. The molecule has 0 radical (unpaired) electrons. The van der Waals surface area contributed by atoms with E-state index < -0.39 is 59.8 Å². The second-order valence-electron chi connectivity index (χ2n) is 10.3. The van der Waals surface area contributed by atoms with Gasteiger partial charge in [-0.3, -0.25) is 14.3 Å². The minimum atomic E-state index is -3.38. The van der Waals surface area contributed by atoms with Crippen molar-refractivity contribution >= 4 is 11.9 Å². The molecule has 0 aliphatic carbocycles. The summed E-state index contributed by atoms with van der Waals surface area (Å²) in [5.74, 6) is -1.97. The summed E-state index contributed by atoms with van der Waals surface area (Å²) in [6.07, 6.45) is -6.19. The van der Waals surface area contributed by atoms with Crippen LogP contribution in [0.4, 0.5) is 8.78 Å². The summed E-state index contributed by atoms with van der Waals surface area (Å²) in [4.78, 5) is 53.7. The predicted molar refractivity (Wildman–Crippen MR) is 152 cm³/mol. The van der Waals surface area contributed by atoms with Crippen molar-refractivity contribution in [2.24, 2.45) is 0 Å². The first-order valence-electron chi connectivity index (χ1n) is 13.6. The molecule has 1 saturated heterocycles. The molecule has 228 valence electrons. The van der Waals surface area contributed by atoms with Gasteiger partial charge in [-0.05, 0) is 36.8 Å². The Morgan fingerprint density at radius 1 is 0.886 bits per heavy atom. The van der Waals surface area contributed by atoms with E-state index in [2.05, 4.69) is 0 Å². The maximum atomic E-state index is 15.4. The van der Waals surface area contributed by atoms with Gasteiger partial charge in [0.05, 0.1) is 24.3 Å². The summed E-state index contributed by atoms with van der Waals surface area (Å²) in [6, 6.07) is 25.0. The Morgan fingerprint density at radius 2 is 1.45 bits per heavy atom. The zero-order valence-corrected chi connectivity index (χ0v) is 23.4. The Bertz CT molecular complexity index is 1710.